The summed E-state index contributed by atoms with van der Waals surface area (Å²) in [6.07, 6.45) is 5.01. The molecule has 3 nitrogen and oxygen atoms in total. The van der Waals surface area contributed by atoms with Crippen LogP contribution < -0.4 is 5.73 Å². The van der Waals surface area contributed by atoms with Gasteiger partial charge >= 0.3 is 0 Å². The van der Waals surface area contributed by atoms with Crippen molar-refractivity contribution in [3.63, 3.8) is 0 Å². The molecule has 0 saturated heterocycles. The molecule has 1 aliphatic rings. The minimum Gasteiger partial charge on any atom is -0.338 e. The van der Waals surface area contributed by atoms with E-state index in [9.17, 15) is 4.79 Å². The van der Waals surface area contributed by atoms with Gasteiger partial charge in [-0.1, -0.05) is 43.7 Å². The molecule has 1 aliphatic carbocycles. The van der Waals surface area contributed by atoms with E-state index in [0.717, 1.165) is 45.2 Å². The van der Waals surface area contributed by atoms with Gasteiger partial charge in [0.25, 0.3) is 0 Å². The average Bonchev–Trinajstić information content (AvgIpc) is 2.47. The molecule has 1 saturated carbocycles. The molecule has 110 valence electrons. The van der Waals surface area contributed by atoms with E-state index in [2.05, 4.69) is 19.1 Å². The summed E-state index contributed by atoms with van der Waals surface area (Å²) in [5.74, 6) is 0.430. The van der Waals surface area contributed by atoms with Crippen molar-refractivity contribution in [1.29, 1.82) is 0 Å². The van der Waals surface area contributed by atoms with Crippen LogP contribution in [0, 0.1) is 5.92 Å². The maximum atomic E-state index is 12.7. The van der Waals surface area contributed by atoms with E-state index in [0.29, 0.717) is 5.91 Å². The zero-order valence-corrected chi connectivity index (χ0v) is 12.4. The Kier molecular flexibility index (Phi) is 5.60. The van der Waals surface area contributed by atoms with Crippen LogP contribution in [0.15, 0.2) is 30.3 Å². The van der Waals surface area contributed by atoms with Gasteiger partial charge in [0.2, 0.25) is 5.91 Å². The third kappa shape index (κ3) is 4.07. The number of nitrogens with two attached hydrogens (primary N) is 1. The number of rotatable bonds is 5. The lowest BCUT2D eigenvalue weighted by atomic mass is 9.85. The van der Waals surface area contributed by atoms with Crippen LogP contribution in [-0.2, 0) is 11.3 Å². The molecule has 3 heteroatoms. The number of benzene rings is 1. The summed E-state index contributed by atoms with van der Waals surface area (Å²) >= 11 is 0. The zero-order chi connectivity index (χ0) is 14.4. The molecule has 0 aromatic heterocycles. The smallest absolute Gasteiger partial charge is 0.226 e. The Hall–Kier alpha value is -1.35. The molecule has 20 heavy (non-hydrogen) atoms. The highest BCUT2D eigenvalue weighted by Crippen LogP contribution is 2.25. The SMILES string of the molecule is CCCN(Cc1ccccc1)C(=O)C1CCCC(N)C1. The van der Waals surface area contributed by atoms with Crippen LogP contribution in [0.4, 0.5) is 0 Å². The van der Waals surface area contributed by atoms with Gasteiger partial charge in [0, 0.05) is 25.0 Å². The average molecular weight is 274 g/mol. The first-order valence-electron chi connectivity index (χ1n) is 7.79. The van der Waals surface area contributed by atoms with Crippen LogP contribution in [0.5, 0.6) is 0 Å². The van der Waals surface area contributed by atoms with Crippen molar-refractivity contribution in [3.8, 4) is 0 Å². The number of amides is 1. The third-order valence-electron chi connectivity index (χ3n) is 4.09. The molecule has 1 aromatic rings. The molecule has 0 bridgehead atoms. The van der Waals surface area contributed by atoms with Gasteiger partial charge < -0.3 is 10.6 Å². The van der Waals surface area contributed by atoms with E-state index in [1.807, 2.05) is 23.1 Å². The summed E-state index contributed by atoms with van der Waals surface area (Å²) in [5, 5.41) is 0. The van der Waals surface area contributed by atoms with Crippen LogP contribution in [0.2, 0.25) is 0 Å². The summed E-state index contributed by atoms with van der Waals surface area (Å²) in [7, 11) is 0. The summed E-state index contributed by atoms with van der Waals surface area (Å²) in [4.78, 5) is 14.7. The molecule has 0 aliphatic heterocycles. The molecule has 0 spiro atoms. The second kappa shape index (κ2) is 7.44. The van der Waals surface area contributed by atoms with Gasteiger partial charge in [-0.15, -0.1) is 0 Å². The molecular formula is C17H26N2O. The highest BCUT2D eigenvalue weighted by atomic mass is 16.2. The first-order chi connectivity index (χ1) is 9.70. The van der Waals surface area contributed by atoms with Crippen molar-refractivity contribution in [3.05, 3.63) is 35.9 Å². The van der Waals surface area contributed by atoms with E-state index in [1.165, 1.54) is 5.56 Å². The highest BCUT2D eigenvalue weighted by molar-refractivity contribution is 5.79. The Morgan fingerprint density at radius 2 is 2.05 bits per heavy atom. The first-order valence-corrected chi connectivity index (χ1v) is 7.79. The molecule has 2 atom stereocenters. The topological polar surface area (TPSA) is 46.3 Å². The van der Waals surface area contributed by atoms with E-state index >= 15 is 0 Å². The minimum atomic E-state index is 0.133. The standard InChI is InChI=1S/C17H26N2O/c1-2-11-19(13-14-7-4-3-5-8-14)17(20)15-9-6-10-16(18)12-15/h3-5,7-8,15-16H,2,6,9-13,18H2,1H3. The van der Waals surface area contributed by atoms with Gasteiger partial charge in [0.15, 0.2) is 0 Å². The van der Waals surface area contributed by atoms with Crippen LogP contribution in [0.1, 0.15) is 44.6 Å². The van der Waals surface area contributed by atoms with Crippen molar-refractivity contribution >= 4 is 5.91 Å². The third-order valence-corrected chi connectivity index (χ3v) is 4.09. The normalized spacial score (nSPS) is 22.5. The molecule has 0 heterocycles. The van der Waals surface area contributed by atoms with Crippen molar-refractivity contribution in [2.24, 2.45) is 11.7 Å². The Morgan fingerprint density at radius 1 is 1.30 bits per heavy atom. The quantitative estimate of drug-likeness (QED) is 0.897. The van der Waals surface area contributed by atoms with E-state index in [-0.39, 0.29) is 12.0 Å². The minimum absolute atomic E-state index is 0.133. The maximum Gasteiger partial charge on any atom is 0.226 e. The Bertz CT molecular complexity index is 418. The Labute approximate surface area is 122 Å². The molecule has 1 amide bonds. The number of carbonyl (C=O) groups excluding carboxylic acids is 1. The summed E-state index contributed by atoms with van der Waals surface area (Å²) in [6, 6.07) is 10.4. The fourth-order valence-corrected chi connectivity index (χ4v) is 3.05. The molecular weight excluding hydrogens is 248 g/mol. The van der Waals surface area contributed by atoms with Crippen molar-refractivity contribution in [2.75, 3.05) is 6.54 Å². The molecule has 2 N–H and O–H groups in total. The lowest BCUT2D eigenvalue weighted by Gasteiger charge is -2.31. The molecule has 2 unspecified atom stereocenters. The van der Waals surface area contributed by atoms with Gasteiger partial charge in [-0.2, -0.15) is 0 Å². The Balaban J connectivity index is 2.01. The van der Waals surface area contributed by atoms with Gasteiger partial charge in [0.05, 0.1) is 0 Å². The summed E-state index contributed by atoms with van der Waals surface area (Å²) in [5.41, 5.74) is 7.22. The second-order valence-corrected chi connectivity index (χ2v) is 5.87. The van der Waals surface area contributed by atoms with Gasteiger partial charge in [-0.3, -0.25) is 4.79 Å². The zero-order valence-electron chi connectivity index (χ0n) is 12.4. The van der Waals surface area contributed by atoms with Crippen LogP contribution in [0.3, 0.4) is 0 Å². The predicted octanol–water partition coefficient (Wildman–Crippen LogP) is 2.94. The van der Waals surface area contributed by atoms with E-state index < -0.39 is 0 Å². The molecule has 0 radical (unpaired) electrons. The monoisotopic (exact) mass is 274 g/mol. The summed E-state index contributed by atoms with van der Waals surface area (Å²) in [6.45, 7) is 3.68. The van der Waals surface area contributed by atoms with Crippen LogP contribution >= 0.6 is 0 Å². The molecule has 1 aromatic carbocycles. The second-order valence-electron chi connectivity index (χ2n) is 5.87. The fraction of sp³-hybridized carbons (Fsp3) is 0.588. The molecule has 2 rings (SSSR count). The van der Waals surface area contributed by atoms with E-state index in [4.69, 9.17) is 5.73 Å². The number of hydrogen-bond acceptors (Lipinski definition) is 2. The number of carbonyl (C=O) groups is 1. The number of hydrogen-bond donors (Lipinski definition) is 1. The fourth-order valence-electron chi connectivity index (χ4n) is 3.05. The maximum absolute atomic E-state index is 12.7. The highest BCUT2D eigenvalue weighted by Gasteiger charge is 2.28. The lowest BCUT2D eigenvalue weighted by molar-refractivity contribution is -0.137. The van der Waals surface area contributed by atoms with Gasteiger partial charge in [0.1, 0.15) is 0 Å². The molecule has 1 fully saturated rings. The van der Waals surface area contributed by atoms with Crippen molar-refractivity contribution in [2.45, 2.75) is 51.6 Å². The lowest BCUT2D eigenvalue weighted by Crippen LogP contribution is -2.40. The van der Waals surface area contributed by atoms with E-state index in [1.54, 1.807) is 0 Å². The predicted molar refractivity (Wildman–Crippen MR) is 82.1 cm³/mol. The largest absolute Gasteiger partial charge is 0.338 e. The van der Waals surface area contributed by atoms with Gasteiger partial charge in [-0.05, 0) is 31.2 Å². The van der Waals surface area contributed by atoms with Crippen LogP contribution in [0.25, 0.3) is 0 Å². The first kappa shape index (κ1) is 15.0. The van der Waals surface area contributed by atoms with Crippen LogP contribution in [-0.4, -0.2) is 23.4 Å². The van der Waals surface area contributed by atoms with Gasteiger partial charge in [-0.25, -0.2) is 0 Å². The van der Waals surface area contributed by atoms with Crippen molar-refractivity contribution in [1.82, 2.24) is 4.90 Å². The number of nitrogens with zero attached hydrogens (tertiary/aromatic N) is 1. The summed E-state index contributed by atoms with van der Waals surface area (Å²) < 4.78 is 0. The van der Waals surface area contributed by atoms with Crippen molar-refractivity contribution < 1.29 is 4.79 Å². The Morgan fingerprint density at radius 3 is 2.70 bits per heavy atom.